The van der Waals surface area contributed by atoms with E-state index in [0.717, 1.165) is 4.90 Å². The molecule has 2 aromatic carbocycles. The molecule has 0 fully saturated rings. The van der Waals surface area contributed by atoms with E-state index < -0.39 is 5.97 Å². The summed E-state index contributed by atoms with van der Waals surface area (Å²) in [4.78, 5) is 13.5. The van der Waals surface area contributed by atoms with Crippen LogP contribution >= 0.6 is 24.4 Å². The smallest absolute Gasteiger partial charge is 0.336 e. The summed E-state index contributed by atoms with van der Waals surface area (Å²) < 4.78 is 0. The molecular formula is C13H10O2S2. The third-order valence-corrected chi connectivity index (χ3v) is 3.86. The first kappa shape index (κ1) is 12.1. The van der Waals surface area contributed by atoms with Crippen molar-refractivity contribution in [3.8, 4) is 0 Å². The highest BCUT2D eigenvalue weighted by atomic mass is 32.2. The van der Waals surface area contributed by atoms with Crippen molar-refractivity contribution in [3.05, 3.63) is 54.1 Å². The Balaban J connectivity index is 2.41. The number of thiol groups is 1. The van der Waals surface area contributed by atoms with Crippen LogP contribution in [0.4, 0.5) is 0 Å². The molecule has 0 aromatic heterocycles. The zero-order valence-corrected chi connectivity index (χ0v) is 10.5. The van der Waals surface area contributed by atoms with Gasteiger partial charge in [-0.3, -0.25) is 0 Å². The average Bonchev–Trinajstić information content (AvgIpc) is 2.33. The SMILES string of the molecule is O=C(O)c1cccc(S)c1Sc1ccccc1. The normalized spacial score (nSPS) is 10.2. The summed E-state index contributed by atoms with van der Waals surface area (Å²) in [6.07, 6.45) is 0. The van der Waals surface area contributed by atoms with Gasteiger partial charge < -0.3 is 5.11 Å². The molecule has 0 aliphatic rings. The average molecular weight is 262 g/mol. The molecular weight excluding hydrogens is 252 g/mol. The van der Waals surface area contributed by atoms with Crippen LogP contribution in [-0.4, -0.2) is 11.1 Å². The zero-order chi connectivity index (χ0) is 12.3. The summed E-state index contributed by atoms with van der Waals surface area (Å²) in [6.45, 7) is 0. The van der Waals surface area contributed by atoms with Crippen LogP contribution in [0.2, 0.25) is 0 Å². The fourth-order valence-electron chi connectivity index (χ4n) is 1.41. The Morgan fingerprint density at radius 2 is 1.76 bits per heavy atom. The van der Waals surface area contributed by atoms with Gasteiger partial charge in [0.1, 0.15) is 0 Å². The first-order chi connectivity index (χ1) is 8.18. The lowest BCUT2D eigenvalue weighted by atomic mass is 10.2. The summed E-state index contributed by atoms with van der Waals surface area (Å²) in [6, 6.07) is 14.7. The van der Waals surface area contributed by atoms with Crippen LogP contribution in [0, 0.1) is 0 Å². The van der Waals surface area contributed by atoms with Gasteiger partial charge in [-0.2, -0.15) is 0 Å². The number of rotatable bonds is 3. The van der Waals surface area contributed by atoms with E-state index in [1.807, 2.05) is 30.3 Å². The molecule has 0 saturated heterocycles. The van der Waals surface area contributed by atoms with Gasteiger partial charge in [-0.15, -0.1) is 12.6 Å². The number of carboxylic acids is 1. The highest BCUT2D eigenvalue weighted by Crippen LogP contribution is 2.34. The molecule has 4 heteroatoms. The third-order valence-electron chi connectivity index (χ3n) is 2.19. The van der Waals surface area contributed by atoms with Crippen LogP contribution in [-0.2, 0) is 0 Å². The highest BCUT2D eigenvalue weighted by molar-refractivity contribution is 8.00. The zero-order valence-electron chi connectivity index (χ0n) is 8.83. The van der Waals surface area contributed by atoms with E-state index in [9.17, 15) is 4.79 Å². The predicted octanol–water partition coefficient (Wildman–Crippen LogP) is 3.82. The van der Waals surface area contributed by atoms with Crippen LogP contribution in [0.3, 0.4) is 0 Å². The predicted molar refractivity (Wildman–Crippen MR) is 71.2 cm³/mol. The molecule has 0 saturated carbocycles. The number of carboxylic acid groups (broad SMARTS) is 1. The lowest BCUT2D eigenvalue weighted by molar-refractivity contribution is 0.0692. The second kappa shape index (κ2) is 5.29. The number of hydrogen-bond acceptors (Lipinski definition) is 3. The van der Waals surface area contributed by atoms with E-state index in [4.69, 9.17) is 5.11 Å². The van der Waals surface area contributed by atoms with E-state index in [1.165, 1.54) is 11.8 Å². The Labute approximate surface area is 109 Å². The summed E-state index contributed by atoms with van der Waals surface area (Å²) >= 11 is 5.72. The van der Waals surface area contributed by atoms with E-state index in [-0.39, 0.29) is 5.56 Å². The minimum atomic E-state index is -0.931. The summed E-state index contributed by atoms with van der Waals surface area (Å²) in [5, 5.41) is 9.12. The van der Waals surface area contributed by atoms with E-state index in [0.29, 0.717) is 9.79 Å². The van der Waals surface area contributed by atoms with Gasteiger partial charge in [0, 0.05) is 14.7 Å². The molecule has 0 spiro atoms. The second-order valence-corrected chi connectivity index (χ2v) is 4.94. The second-order valence-electron chi connectivity index (χ2n) is 3.37. The highest BCUT2D eigenvalue weighted by Gasteiger charge is 2.13. The summed E-state index contributed by atoms with van der Waals surface area (Å²) in [7, 11) is 0. The monoisotopic (exact) mass is 262 g/mol. The van der Waals surface area contributed by atoms with Crippen molar-refractivity contribution in [2.75, 3.05) is 0 Å². The number of aromatic carboxylic acids is 1. The van der Waals surface area contributed by atoms with Crippen LogP contribution < -0.4 is 0 Å². The van der Waals surface area contributed by atoms with Gasteiger partial charge in [-0.25, -0.2) is 4.79 Å². The van der Waals surface area contributed by atoms with E-state index >= 15 is 0 Å². The molecule has 2 aromatic rings. The Morgan fingerprint density at radius 3 is 2.41 bits per heavy atom. The third kappa shape index (κ3) is 2.84. The fourth-order valence-corrected chi connectivity index (χ4v) is 2.72. The van der Waals surface area contributed by atoms with Crippen molar-refractivity contribution in [2.24, 2.45) is 0 Å². The quantitative estimate of drug-likeness (QED) is 0.826. The van der Waals surface area contributed by atoms with Gasteiger partial charge in [0.2, 0.25) is 0 Å². The van der Waals surface area contributed by atoms with Crippen molar-refractivity contribution in [2.45, 2.75) is 14.7 Å². The molecule has 0 atom stereocenters. The minimum absolute atomic E-state index is 0.284. The molecule has 0 amide bonds. The number of carbonyl (C=O) groups is 1. The lowest BCUT2D eigenvalue weighted by Crippen LogP contribution is -1.99. The Morgan fingerprint density at radius 1 is 1.06 bits per heavy atom. The van der Waals surface area contributed by atoms with E-state index in [1.54, 1.807) is 18.2 Å². The van der Waals surface area contributed by atoms with Gasteiger partial charge in [0.25, 0.3) is 0 Å². The molecule has 2 rings (SSSR count). The van der Waals surface area contributed by atoms with Gasteiger partial charge in [0.15, 0.2) is 0 Å². The van der Waals surface area contributed by atoms with E-state index in [2.05, 4.69) is 12.6 Å². The van der Waals surface area contributed by atoms with Crippen LogP contribution in [0.5, 0.6) is 0 Å². The fraction of sp³-hybridized carbons (Fsp3) is 0. The molecule has 0 heterocycles. The summed E-state index contributed by atoms with van der Waals surface area (Å²) in [5.74, 6) is -0.931. The van der Waals surface area contributed by atoms with Crippen LogP contribution in [0.15, 0.2) is 63.2 Å². The number of benzene rings is 2. The largest absolute Gasteiger partial charge is 0.478 e. The molecule has 0 unspecified atom stereocenters. The summed E-state index contributed by atoms with van der Waals surface area (Å²) in [5.41, 5.74) is 0.284. The minimum Gasteiger partial charge on any atom is -0.478 e. The molecule has 0 aliphatic heterocycles. The maximum absolute atomic E-state index is 11.1. The van der Waals surface area contributed by atoms with Gasteiger partial charge in [-0.1, -0.05) is 36.0 Å². The standard InChI is InChI=1S/C13H10O2S2/c14-13(15)10-7-4-8-11(16)12(10)17-9-5-2-1-3-6-9/h1-8,16H,(H,14,15). The maximum atomic E-state index is 11.1. The van der Waals surface area contributed by atoms with Gasteiger partial charge >= 0.3 is 5.97 Å². The lowest BCUT2D eigenvalue weighted by Gasteiger charge is -2.08. The van der Waals surface area contributed by atoms with Gasteiger partial charge in [0.05, 0.1) is 5.56 Å². The Hall–Kier alpha value is -1.39. The molecule has 86 valence electrons. The Bertz CT molecular complexity index is 538. The molecule has 0 bridgehead atoms. The van der Waals surface area contributed by atoms with Crippen LogP contribution in [0.25, 0.3) is 0 Å². The van der Waals surface area contributed by atoms with Crippen molar-refractivity contribution < 1.29 is 9.90 Å². The Kier molecular flexibility index (Phi) is 3.76. The first-order valence-electron chi connectivity index (χ1n) is 4.96. The van der Waals surface area contributed by atoms with Crippen molar-refractivity contribution in [1.29, 1.82) is 0 Å². The van der Waals surface area contributed by atoms with Crippen molar-refractivity contribution in [1.82, 2.24) is 0 Å². The molecule has 17 heavy (non-hydrogen) atoms. The molecule has 0 aliphatic carbocycles. The van der Waals surface area contributed by atoms with Gasteiger partial charge in [-0.05, 0) is 24.3 Å². The molecule has 2 nitrogen and oxygen atoms in total. The number of hydrogen-bond donors (Lipinski definition) is 2. The maximum Gasteiger partial charge on any atom is 0.336 e. The molecule has 0 radical (unpaired) electrons. The first-order valence-corrected chi connectivity index (χ1v) is 6.23. The van der Waals surface area contributed by atoms with Crippen molar-refractivity contribution in [3.63, 3.8) is 0 Å². The molecule has 1 N–H and O–H groups in total. The van der Waals surface area contributed by atoms with Crippen LogP contribution in [0.1, 0.15) is 10.4 Å². The topological polar surface area (TPSA) is 37.3 Å². The van der Waals surface area contributed by atoms with Crippen molar-refractivity contribution >= 4 is 30.4 Å².